The number of rotatable bonds is 6. The lowest BCUT2D eigenvalue weighted by molar-refractivity contribution is 0.0822. The van der Waals surface area contributed by atoms with E-state index in [2.05, 4.69) is 26.3 Å². The van der Waals surface area contributed by atoms with Crippen LogP contribution < -0.4 is 10.6 Å². The fraction of sp³-hybridized carbons (Fsp3) is 0.389. The second kappa shape index (κ2) is 8.32. The van der Waals surface area contributed by atoms with Crippen LogP contribution >= 0.6 is 0 Å². The van der Waals surface area contributed by atoms with Crippen molar-refractivity contribution in [2.75, 3.05) is 19.4 Å². The zero-order valence-corrected chi connectivity index (χ0v) is 15.1. The van der Waals surface area contributed by atoms with Gasteiger partial charge in [0.15, 0.2) is 0 Å². The highest BCUT2D eigenvalue weighted by Crippen LogP contribution is 2.10. The predicted molar refractivity (Wildman–Crippen MR) is 97.6 cm³/mol. The van der Waals surface area contributed by atoms with Crippen LogP contribution in [-0.2, 0) is 13.5 Å². The Morgan fingerprint density at radius 1 is 1.32 bits per heavy atom. The fourth-order valence-corrected chi connectivity index (χ4v) is 2.44. The van der Waals surface area contributed by atoms with Crippen LogP contribution in [-0.4, -0.2) is 46.5 Å². The predicted octanol–water partition coefficient (Wildman–Crippen LogP) is 2.26. The van der Waals surface area contributed by atoms with Gasteiger partial charge in [-0.15, -0.1) is 0 Å². The molecular formula is C18H25N5O2. The molecular weight excluding hydrogens is 318 g/mol. The van der Waals surface area contributed by atoms with Gasteiger partial charge in [-0.1, -0.05) is 0 Å². The molecule has 3 amide bonds. The third-order valence-corrected chi connectivity index (χ3v) is 3.91. The molecule has 0 bridgehead atoms. The Balaban J connectivity index is 1.86. The number of aryl methyl sites for hydroxylation is 2. The topological polar surface area (TPSA) is 79.3 Å². The highest BCUT2D eigenvalue weighted by atomic mass is 16.2. The molecule has 0 saturated carbocycles. The Bertz CT molecular complexity index is 739. The lowest BCUT2D eigenvalue weighted by atomic mass is 10.1. The number of aromatic nitrogens is 2. The molecule has 25 heavy (non-hydrogen) atoms. The van der Waals surface area contributed by atoms with Gasteiger partial charge in [-0.05, 0) is 44.0 Å². The first kappa shape index (κ1) is 18.5. The Labute approximate surface area is 148 Å². The van der Waals surface area contributed by atoms with E-state index in [1.807, 2.05) is 26.2 Å². The van der Waals surface area contributed by atoms with Gasteiger partial charge in [-0.3, -0.25) is 9.78 Å². The molecule has 2 rings (SSSR count). The van der Waals surface area contributed by atoms with Crippen LogP contribution in [0.4, 0.5) is 10.5 Å². The molecule has 0 fully saturated rings. The number of carbonyl (C=O) groups is 2. The summed E-state index contributed by atoms with van der Waals surface area (Å²) in [4.78, 5) is 29.5. The van der Waals surface area contributed by atoms with Crippen molar-refractivity contribution in [1.82, 2.24) is 19.8 Å². The second-order valence-corrected chi connectivity index (χ2v) is 6.28. The van der Waals surface area contributed by atoms with E-state index < -0.39 is 0 Å². The summed E-state index contributed by atoms with van der Waals surface area (Å²) >= 11 is 0. The molecule has 0 saturated heterocycles. The van der Waals surface area contributed by atoms with Gasteiger partial charge in [-0.25, -0.2) is 4.79 Å². The first-order chi connectivity index (χ1) is 11.9. The quantitative estimate of drug-likeness (QED) is 0.844. The molecule has 0 aliphatic heterocycles. The number of pyridine rings is 1. The Morgan fingerprint density at radius 2 is 2.08 bits per heavy atom. The number of anilines is 1. The number of urea groups is 1. The Hall–Kier alpha value is -2.83. The minimum Gasteiger partial charge on any atom is -0.354 e. The summed E-state index contributed by atoms with van der Waals surface area (Å²) in [5, 5.41) is 5.65. The third kappa shape index (κ3) is 5.34. The minimum absolute atomic E-state index is 0.0274. The molecule has 0 spiro atoms. The maximum Gasteiger partial charge on any atom is 0.319 e. The highest BCUT2D eigenvalue weighted by Gasteiger charge is 2.12. The van der Waals surface area contributed by atoms with Crippen LogP contribution in [0.25, 0.3) is 0 Å². The summed E-state index contributed by atoms with van der Waals surface area (Å²) in [5.74, 6) is -0.208. The van der Waals surface area contributed by atoms with Crippen molar-refractivity contribution in [2.45, 2.75) is 25.8 Å². The maximum absolute atomic E-state index is 12.1. The summed E-state index contributed by atoms with van der Waals surface area (Å²) in [7, 11) is 5.33. The first-order valence-corrected chi connectivity index (χ1v) is 8.22. The number of hydrogen-bond donors (Lipinski definition) is 2. The van der Waals surface area contributed by atoms with Crippen LogP contribution in [0, 0.1) is 0 Å². The molecule has 2 N–H and O–H groups in total. The highest BCUT2D eigenvalue weighted by molar-refractivity contribution is 5.95. The smallest absolute Gasteiger partial charge is 0.319 e. The lowest BCUT2D eigenvalue weighted by Crippen LogP contribution is -2.36. The Kier molecular flexibility index (Phi) is 6.16. The molecule has 0 aromatic carbocycles. The van der Waals surface area contributed by atoms with Crippen molar-refractivity contribution in [3.8, 4) is 0 Å². The van der Waals surface area contributed by atoms with Gasteiger partial charge >= 0.3 is 6.03 Å². The SMILES string of the molecule is C[C@@H](CCc1cccn1C)NC(=O)Nc1ccnc(C(=O)N(C)C)c1. The normalized spacial score (nSPS) is 11.7. The standard InChI is InChI=1S/C18H25N5O2/c1-13(7-8-15-6-5-11-23(15)4)20-18(25)21-14-9-10-19-16(12-14)17(24)22(2)3/h5-6,9-13H,7-8H2,1-4H3,(H2,19,20,21,25)/t13-/m0/s1. The lowest BCUT2D eigenvalue weighted by Gasteiger charge is -2.15. The van der Waals surface area contributed by atoms with Crippen LogP contribution in [0.2, 0.25) is 0 Å². The number of amides is 3. The van der Waals surface area contributed by atoms with Crippen molar-refractivity contribution < 1.29 is 9.59 Å². The molecule has 0 radical (unpaired) electrons. The van der Waals surface area contributed by atoms with Gasteiger partial charge in [0, 0.05) is 51.0 Å². The van der Waals surface area contributed by atoms with Gasteiger partial charge in [-0.2, -0.15) is 0 Å². The van der Waals surface area contributed by atoms with E-state index in [0.29, 0.717) is 11.4 Å². The number of nitrogens with zero attached hydrogens (tertiary/aromatic N) is 3. The van der Waals surface area contributed by atoms with E-state index >= 15 is 0 Å². The van der Waals surface area contributed by atoms with Crippen molar-refractivity contribution in [2.24, 2.45) is 7.05 Å². The zero-order chi connectivity index (χ0) is 18.4. The molecule has 2 aromatic heterocycles. The molecule has 7 nitrogen and oxygen atoms in total. The molecule has 2 heterocycles. The summed E-state index contributed by atoms with van der Waals surface area (Å²) in [5.41, 5.74) is 2.06. The van der Waals surface area contributed by atoms with E-state index in [4.69, 9.17) is 0 Å². The van der Waals surface area contributed by atoms with Gasteiger partial charge in [0.25, 0.3) is 5.91 Å². The van der Waals surface area contributed by atoms with Crippen molar-refractivity contribution in [3.05, 3.63) is 48.0 Å². The summed E-state index contributed by atoms with van der Waals surface area (Å²) in [6.07, 6.45) is 5.25. The maximum atomic E-state index is 12.1. The second-order valence-electron chi connectivity index (χ2n) is 6.28. The van der Waals surface area contributed by atoms with Gasteiger partial charge in [0.2, 0.25) is 0 Å². The number of hydrogen-bond acceptors (Lipinski definition) is 3. The van der Waals surface area contributed by atoms with E-state index in [1.54, 1.807) is 26.2 Å². The van der Waals surface area contributed by atoms with E-state index in [9.17, 15) is 9.59 Å². The van der Waals surface area contributed by atoms with Crippen LogP contribution in [0.5, 0.6) is 0 Å². The third-order valence-electron chi connectivity index (χ3n) is 3.91. The summed E-state index contributed by atoms with van der Waals surface area (Å²) in [6.45, 7) is 1.97. The van der Waals surface area contributed by atoms with Crippen LogP contribution in [0.3, 0.4) is 0 Å². The van der Waals surface area contributed by atoms with Crippen LogP contribution in [0.1, 0.15) is 29.5 Å². The number of carbonyl (C=O) groups excluding carboxylic acids is 2. The molecule has 7 heteroatoms. The summed E-state index contributed by atoms with van der Waals surface area (Å²) in [6, 6.07) is 7.04. The molecule has 0 aliphatic carbocycles. The first-order valence-electron chi connectivity index (χ1n) is 8.22. The Morgan fingerprint density at radius 3 is 2.72 bits per heavy atom. The van der Waals surface area contributed by atoms with Crippen molar-refractivity contribution in [1.29, 1.82) is 0 Å². The fourth-order valence-electron chi connectivity index (χ4n) is 2.44. The van der Waals surface area contributed by atoms with Crippen molar-refractivity contribution >= 4 is 17.6 Å². The average Bonchev–Trinajstić information content (AvgIpc) is 2.97. The van der Waals surface area contributed by atoms with Gasteiger partial charge in [0.05, 0.1) is 0 Å². The van der Waals surface area contributed by atoms with Gasteiger partial charge in [0.1, 0.15) is 5.69 Å². The molecule has 1 atom stereocenters. The van der Waals surface area contributed by atoms with Gasteiger partial charge < -0.3 is 20.1 Å². The van der Waals surface area contributed by atoms with Crippen molar-refractivity contribution in [3.63, 3.8) is 0 Å². The van der Waals surface area contributed by atoms with E-state index in [0.717, 1.165) is 12.8 Å². The molecule has 2 aromatic rings. The monoisotopic (exact) mass is 343 g/mol. The minimum atomic E-state index is -0.297. The number of nitrogens with one attached hydrogen (secondary N) is 2. The summed E-state index contributed by atoms with van der Waals surface area (Å²) < 4.78 is 2.08. The molecule has 0 aliphatic rings. The molecule has 134 valence electrons. The van der Waals surface area contributed by atoms with Crippen LogP contribution in [0.15, 0.2) is 36.7 Å². The average molecular weight is 343 g/mol. The molecule has 0 unspecified atom stereocenters. The van der Waals surface area contributed by atoms with E-state index in [-0.39, 0.29) is 18.0 Å². The largest absolute Gasteiger partial charge is 0.354 e. The zero-order valence-electron chi connectivity index (χ0n) is 15.1. The van der Waals surface area contributed by atoms with E-state index in [1.165, 1.54) is 16.8 Å².